The highest BCUT2D eigenvalue weighted by Crippen LogP contribution is 2.09. The Hall–Kier alpha value is -1.60. The van der Waals surface area contributed by atoms with E-state index in [0.717, 1.165) is 6.42 Å². The maximum atomic E-state index is 11.3. The Balaban J connectivity index is 2.33. The van der Waals surface area contributed by atoms with Crippen molar-refractivity contribution < 1.29 is 19.0 Å². The molecule has 1 heterocycles. The Bertz CT molecular complexity index is 378. The number of nitrogens with zero attached hydrogens (tertiary/aromatic N) is 2. The fourth-order valence-corrected chi connectivity index (χ4v) is 1.37. The molecule has 0 aliphatic heterocycles. The van der Waals surface area contributed by atoms with Gasteiger partial charge in [-0.2, -0.15) is 5.10 Å². The molecule has 0 unspecified atom stereocenters. The van der Waals surface area contributed by atoms with Crippen LogP contribution >= 0.6 is 0 Å². The van der Waals surface area contributed by atoms with E-state index in [2.05, 4.69) is 9.84 Å². The van der Waals surface area contributed by atoms with Gasteiger partial charge in [0.05, 0.1) is 25.9 Å². The van der Waals surface area contributed by atoms with Crippen molar-refractivity contribution in [2.45, 2.75) is 13.0 Å². The van der Waals surface area contributed by atoms with Gasteiger partial charge in [-0.3, -0.25) is 4.68 Å². The summed E-state index contributed by atoms with van der Waals surface area (Å²) in [7, 11) is 2.95. The summed E-state index contributed by atoms with van der Waals surface area (Å²) in [5.74, 6) is -0.535. The summed E-state index contributed by atoms with van der Waals surface area (Å²) in [6.45, 7) is 2.36. The third-order valence-electron chi connectivity index (χ3n) is 2.27. The normalized spacial score (nSPS) is 10.6. The second kappa shape index (κ2) is 7.67. The number of esters is 1. The van der Waals surface area contributed by atoms with Gasteiger partial charge in [0, 0.05) is 26.5 Å². The lowest BCUT2D eigenvalue weighted by Gasteiger charge is -2.03. The number of rotatable bonds is 8. The predicted octanol–water partition coefficient (Wildman–Crippen LogP) is 0.305. The standard InChI is InChI=1S/C11H19N3O4/c1-16-5-3-6-18-7-4-14-8-9(12)10(13-14)11(15)17-2/h8H,3-7,12H2,1-2H3. The number of nitrogen functional groups attached to an aromatic ring is 1. The molecule has 0 saturated carbocycles. The van der Waals surface area contributed by atoms with E-state index in [9.17, 15) is 4.79 Å². The average Bonchev–Trinajstić information content (AvgIpc) is 2.74. The molecule has 0 amide bonds. The van der Waals surface area contributed by atoms with E-state index in [1.54, 1.807) is 18.0 Å². The van der Waals surface area contributed by atoms with Gasteiger partial charge in [0.1, 0.15) is 0 Å². The molecule has 0 radical (unpaired) electrons. The van der Waals surface area contributed by atoms with Crippen LogP contribution in [0.25, 0.3) is 0 Å². The third kappa shape index (κ3) is 4.34. The van der Waals surface area contributed by atoms with Gasteiger partial charge in [-0.15, -0.1) is 0 Å². The molecule has 7 nitrogen and oxygen atoms in total. The lowest BCUT2D eigenvalue weighted by Crippen LogP contribution is -2.10. The molecule has 0 aliphatic rings. The largest absolute Gasteiger partial charge is 0.464 e. The van der Waals surface area contributed by atoms with E-state index in [4.69, 9.17) is 15.2 Å². The van der Waals surface area contributed by atoms with Crippen molar-refractivity contribution >= 4 is 11.7 Å². The monoisotopic (exact) mass is 257 g/mol. The Morgan fingerprint density at radius 2 is 2.17 bits per heavy atom. The highest BCUT2D eigenvalue weighted by atomic mass is 16.5. The van der Waals surface area contributed by atoms with Gasteiger partial charge in [0.15, 0.2) is 5.69 Å². The maximum absolute atomic E-state index is 11.3. The van der Waals surface area contributed by atoms with E-state index < -0.39 is 5.97 Å². The molecule has 0 fully saturated rings. The fraction of sp³-hybridized carbons (Fsp3) is 0.636. The van der Waals surface area contributed by atoms with Gasteiger partial charge in [-0.25, -0.2) is 4.79 Å². The molecular formula is C11H19N3O4. The molecule has 0 saturated heterocycles. The second-order valence-corrected chi connectivity index (χ2v) is 3.65. The molecule has 0 aliphatic carbocycles. The zero-order valence-corrected chi connectivity index (χ0v) is 10.7. The van der Waals surface area contributed by atoms with Crippen LogP contribution in [0.2, 0.25) is 0 Å². The SMILES string of the molecule is COCCCOCCn1cc(N)c(C(=O)OC)n1. The first kappa shape index (κ1) is 14.5. The Kier molecular flexibility index (Phi) is 6.16. The number of methoxy groups -OCH3 is 2. The topological polar surface area (TPSA) is 88.6 Å². The van der Waals surface area contributed by atoms with Crippen LogP contribution in [-0.2, 0) is 20.8 Å². The number of aromatic nitrogens is 2. The molecule has 18 heavy (non-hydrogen) atoms. The summed E-state index contributed by atoms with van der Waals surface area (Å²) < 4.78 is 16.4. The van der Waals surface area contributed by atoms with Gasteiger partial charge in [0.2, 0.25) is 0 Å². The highest BCUT2D eigenvalue weighted by Gasteiger charge is 2.14. The third-order valence-corrected chi connectivity index (χ3v) is 2.27. The summed E-state index contributed by atoms with van der Waals surface area (Å²) in [5, 5.41) is 4.03. The van der Waals surface area contributed by atoms with Crippen LogP contribution < -0.4 is 5.73 Å². The van der Waals surface area contributed by atoms with Crippen molar-refractivity contribution in [2.24, 2.45) is 0 Å². The molecule has 1 rings (SSSR count). The van der Waals surface area contributed by atoms with Gasteiger partial charge < -0.3 is 19.9 Å². The van der Waals surface area contributed by atoms with Crippen LogP contribution in [0.4, 0.5) is 5.69 Å². The number of ether oxygens (including phenoxy) is 3. The minimum atomic E-state index is -0.535. The van der Waals surface area contributed by atoms with E-state index in [0.29, 0.717) is 32.1 Å². The number of carbonyl (C=O) groups is 1. The zero-order chi connectivity index (χ0) is 13.4. The summed E-state index contributed by atoms with van der Waals surface area (Å²) in [5.41, 5.74) is 6.09. The smallest absolute Gasteiger partial charge is 0.360 e. The Morgan fingerprint density at radius 1 is 1.39 bits per heavy atom. The van der Waals surface area contributed by atoms with E-state index in [-0.39, 0.29) is 5.69 Å². The second-order valence-electron chi connectivity index (χ2n) is 3.65. The van der Waals surface area contributed by atoms with Crippen LogP contribution in [0.1, 0.15) is 16.9 Å². The van der Waals surface area contributed by atoms with Crippen molar-refractivity contribution in [3.05, 3.63) is 11.9 Å². The van der Waals surface area contributed by atoms with Gasteiger partial charge in [-0.05, 0) is 6.42 Å². The molecule has 1 aromatic heterocycles. The molecule has 7 heteroatoms. The van der Waals surface area contributed by atoms with Crippen LogP contribution in [0.15, 0.2) is 6.20 Å². The van der Waals surface area contributed by atoms with Crippen LogP contribution in [0.3, 0.4) is 0 Å². The molecular weight excluding hydrogens is 238 g/mol. The first-order valence-electron chi connectivity index (χ1n) is 5.67. The maximum Gasteiger partial charge on any atom is 0.360 e. The van der Waals surface area contributed by atoms with Crippen LogP contribution in [0.5, 0.6) is 0 Å². The highest BCUT2D eigenvalue weighted by molar-refractivity contribution is 5.92. The number of nitrogens with two attached hydrogens (primary N) is 1. The number of anilines is 1. The molecule has 2 N–H and O–H groups in total. The minimum absolute atomic E-state index is 0.136. The number of hydrogen-bond acceptors (Lipinski definition) is 6. The Morgan fingerprint density at radius 3 is 2.83 bits per heavy atom. The lowest BCUT2D eigenvalue weighted by molar-refractivity contribution is 0.0592. The van der Waals surface area contributed by atoms with Crippen molar-refractivity contribution in [1.29, 1.82) is 0 Å². The molecule has 0 aromatic carbocycles. The van der Waals surface area contributed by atoms with Crippen molar-refractivity contribution in [3.63, 3.8) is 0 Å². The van der Waals surface area contributed by atoms with Gasteiger partial charge in [-0.1, -0.05) is 0 Å². The molecule has 0 spiro atoms. The van der Waals surface area contributed by atoms with Crippen LogP contribution in [0, 0.1) is 0 Å². The van der Waals surface area contributed by atoms with E-state index >= 15 is 0 Å². The van der Waals surface area contributed by atoms with E-state index in [1.807, 2.05) is 0 Å². The molecule has 0 bridgehead atoms. The van der Waals surface area contributed by atoms with Crippen molar-refractivity contribution in [3.8, 4) is 0 Å². The minimum Gasteiger partial charge on any atom is -0.464 e. The van der Waals surface area contributed by atoms with E-state index in [1.165, 1.54) is 7.11 Å². The summed E-state index contributed by atoms with van der Waals surface area (Å²) in [4.78, 5) is 11.3. The lowest BCUT2D eigenvalue weighted by atomic mass is 10.4. The predicted molar refractivity (Wildman–Crippen MR) is 65.3 cm³/mol. The average molecular weight is 257 g/mol. The molecule has 102 valence electrons. The van der Waals surface area contributed by atoms with Crippen molar-refractivity contribution in [2.75, 3.05) is 39.8 Å². The zero-order valence-electron chi connectivity index (χ0n) is 10.7. The number of hydrogen-bond donors (Lipinski definition) is 1. The first-order valence-corrected chi connectivity index (χ1v) is 5.67. The van der Waals surface area contributed by atoms with Gasteiger partial charge in [0.25, 0.3) is 0 Å². The summed E-state index contributed by atoms with van der Waals surface area (Å²) >= 11 is 0. The summed E-state index contributed by atoms with van der Waals surface area (Å²) in [6.07, 6.45) is 2.44. The molecule has 0 atom stereocenters. The number of carbonyl (C=O) groups excluding carboxylic acids is 1. The van der Waals surface area contributed by atoms with Crippen molar-refractivity contribution in [1.82, 2.24) is 9.78 Å². The fourth-order valence-electron chi connectivity index (χ4n) is 1.37. The Labute approximate surface area is 106 Å². The quantitative estimate of drug-likeness (QED) is 0.532. The summed E-state index contributed by atoms with van der Waals surface area (Å²) in [6, 6.07) is 0. The van der Waals surface area contributed by atoms with Crippen LogP contribution in [-0.4, -0.2) is 49.8 Å². The first-order chi connectivity index (χ1) is 8.69. The van der Waals surface area contributed by atoms with Gasteiger partial charge >= 0.3 is 5.97 Å². The molecule has 1 aromatic rings.